The highest BCUT2D eigenvalue weighted by atomic mass is 16.4. The Balaban J connectivity index is 4.21. The van der Waals surface area contributed by atoms with E-state index in [1.807, 2.05) is 20.8 Å². The molecule has 0 aliphatic heterocycles. The van der Waals surface area contributed by atoms with Crippen LogP contribution in [-0.4, -0.2) is 40.9 Å². The molecule has 6 heteroatoms. The molecular formula is C11H22N2O4. The van der Waals surface area contributed by atoms with Crippen LogP contribution in [0.15, 0.2) is 0 Å². The first kappa shape index (κ1) is 15.7. The van der Waals surface area contributed by atoms with E-state index < -0.39 is 24.1 Å². The lowest BCUT2D eigenvalue weighted by Gasteiger charge is -2.24. The molecule has 0 aromatic rings. The molecule has 100 valence electrons. The molecule has 2 unspecified atom stereocenters. The molecule has 0 saturated heterocycles. The summed E-state index contributed by atoms with van der Waals surface area (Å²) in [5.41, 5.74) is -0.0408. The van der Waals surface area contributed by atoms with E-state index in [1.54, 1.807) is 0 Å². The highest BCUT2D eigenvalue weighted by molar-refractivity contribution is 5.82. The Bertz CT molecular complexity index is 277. The first-order valence-electron chi connectivity index (χ1n) is 5.65. The number of aliphatic carboxylic acids is 1. The second-order valence-corrected chi connectivity index (χ2v) is 4.90. The van der Waals surface area contributed by atoms with Crippen molar-refractivity contribution in [3.05, 3.63) is 0 Å². The van der Waals surface area contributed by atoms with Crippen molar-refractivity contribution in [3.63, 3.8) is 0 Å². The maximum atomic E-state index is 11.4. The van der Waals surface area contributed by atoms with Gasteiger partial charge >= 0.3 is 12.0 Å². The second-order valence-electron chi connectivity index (χ2n) is 4.90. The maximum absolute atomic E-state index is 11.4. The third-order valence-electron chi connectivity index (χ3n) is 2.72. The van der Waals surface area contributed by atoms with Gasteiger partial charge in [-0.15, -0.1) is 0 Å². The molecule has 0 fully saturated rings. The number of aliphatic hydroxyl groups excluding tert-OH is 1. The Morgan fingerprint density at radius 3 is 2.24 bits per heavy atom. The van der Waals surface area contributed by atoms with E-state index in [1.165, 1.54) is 6.92 Å². The molecule has 0 bridgehead atoms. The highest BCUT2D eigenvalue weighted by Crippen LogP contribution is 2.17. The molecule has 0 rings (SSSR count). The summed E-state index contributed by atoms with van der Waals surface area (Å²) in [4.78, 5) is 22.2. The number of carboxylic acid groups (broad SMARTS) is 1. The van der Waals surface area contributed by atoms with Crippen molar-refractivity contribution in [1.82, 2.24) is 10.6 Å². The van der Waals surface area contributed by atoms with Crippen LogP contribution in [-0.2, 0) is 4.79 Å². The Labute approximate surface area is 101 Å². The molecule has 0 aromatic heterocycles. The minimum absolute atomic E-state index is 0.0408. The first-order chi connectivity index (χ1) is 7.69. The number of hydrogen-bond donors (Lipinski definition) is 4. The lowest BCUT2D eigenvalue weighted by atomic mass is 9.90. The number of rotatable bonds is 6. The summed E-state index contributed by atoms with van der Waals surface area (Å²) in [6.45, 7) is 7.76. The van der Waals surface area contributed by atoms with Crippen LogP contribution >= 0.6 is 0 Å². The minimum Gasteiger partial charge on any atom is -0.480 e. The van der Waals surface area contributed by atoms with E-state index in [0.29, 0.717) is 6.54 Å². The van der Waals surface area contributed by atoms with E-state index in [-0.39, 0.29) is 5.41 Å². The Kier molecular flexibility index (Phi) is 5.95. The van der Waals surface area contributed by atoms with E-state index in [0.717, 1.165) is 6.42 Å². The number of amides is 2. The molecule has 0 aliphatic rings. The first-order valence-corrected chi connectivity index (χ1v) is 5.65. The van der Waals surface area contributed by atoms with Crippen molar-refractivity contribution < 1.29 is 19.8 Å². The van der Waals surface area contributed by atoms with Crippen LogP contribution in [0.4, 0.5) is 4.79 Å². The largest absolute Gasteiger partial charge is 0.480 e. The molecule has 17 heavy (non-hydrogen) atoms. The summed E-state index contributed by atoms with van der Waals surface area (Å²) >= 11 is 0. The summed E-state index contributed by atoms with van der Waals surface area (Å²) in [7, 11) is 0. The van der Waals surface area contributed by atoms with Crippen molar-refractivity contribution in [2.75, 3.05) is 6.54 Å². The van der Waals surface area contributed by atoms with E-state index in [9.17, 15) is 14.7 Å². The van der Waals surface area contributed by atoms with Gasteiger partial charge in [0.1, 0.15) is 0 Å². The molecule has 0 heterocycles. The number of carbonyl (C=O) groups is 2. The zero-order valence-corrected chi connectivity index (χ0v) is 10.8. The summed E-state index contributed by atoms with van der Waals surface area (Å²) in [6.07, 6.45) is -0.246. The van der Waals surface area contributed by atoms with Gasteiger partial charge in [0.15, 0.2) is 6.04 Å². The maximum Gasteiger partial charge on any atom is 0.328 e. The van der Waals surface area contributed by atoms with Crippen LogP contribution < -0.4 is 10.6 Å². The van der Waals surface area contributed by atoms with Crippen LogP contribution in [0.5, 0.6) is 0 Å². The number of carbonyl (C=O) groups excluding carboxylic acids is 1. The van der Waals surface area contributed by atoms with Crippen LogP contribution in [0.1, 0.15) is 34.1 Å². The number of hydrogen-bond acceptors (Lipinski definition) is 3. The molecule has 0 aliphatic carbocycles. The van der Waals surface area contributed by atoms with Crippen LogP contribution in [0, 0.1) is 5.41 Å². The van der Waals surface area contributed by atoms with Gasteiger partial charge in [-0.05, 0) is 18.8 Å². The van der Waals surface area contributed by atoms with E-state index >= 15 is 0 Å². The fourth-order valence-corrected chi connectivity index (χ4v) is 1.03. The number of aliphatic hydroxyl groups is 1. The zero-order valence-electron chi connectivity index (χ0n) is 10.8. The molecule has 0 radical (unpaired) electrons. The van der Waals surface area contributed by atoms with Gasteiger partial charge in [0, 0.05) is 6.54 Å². The Morgan fingerprint density at radius 2 is 1.88 bits per heavy atom. The summed E-state index contributed by atoms with van der Waals surface area (Å²) in [5, 5.41) is 22.7. The fraction of sp³-hybridized carbons (Fsp3) is 0.818. The Morgan fingerprint density at radius 1 is 1.35 bits per heavy atom. The van der Waals surface area contributed by atoms with Gasteiger partial charge < -0.3 is 20.8 Å². The van der Waals surface area contributed by atoms with Crippen molar-refractivity contribution in [3.8, 4) is 0 Å². The number of urea groups is 1. The average molecular weight is 246 g/mol. The summed E-state index contributed by atoms with van der Waals surface area (Å²) in [6, 6.07) is -1.88. The van der Waals surface area contributed by atoms with Crippen molar-refractivity contribution in [2.45, 2.75) is 46.3 Å². The lowest BCUT2D eigenvalue weighted by Crippen LogP contribution is -2.52. The van der Waals surface area contributed by atoms with Crippen molar-refractivity contribution in [2.24, 2.45) is 5.41 Å². The highest BCUT2D eigenvalue weighted by Gasteiger charge is 2.25. The van der Waals surface area contributed by atoms with E-state index in [4.69, 9.17) is 5.11 Å². The van der Waals surface area contributed by atoms with Gasteiger partial charge in [-0.1, -0.05) is 20.8 Å². The molecular weight excluding hydrogens is 224 g/mol. The summed E-state index contributed by atoms with van der Waals surface area (Å²) in [5.74, 6) is -1.26. The van der Waals surface area contributed by atoms with Crippen molar-refractivity contribution in [1.29, 1.82) is 0 Å². The van der Waals surface area contributed by atoms with Crippen LogP contribution in [0.2, 0.25) is 0 Å². The van der Waals surface area contributed by atoms with Crippen LogP contribution in [0.3, 0.4) is 0 Å². The van der Waals surface area contributed by atoms with E-state index in [2.05, 4.69) is 10.6 Å². The molecule has 0 saturated carbocycles. The average Bonchev–Trinajstić information content (AvgIpc) is 2.22. The second kappa shape index (κ2) is 6.44. The molecule has 0 aromatic carbocycles. The quantitative estimate of drug-likeness (QED) is 0.550. The zero-order chi connectivity index (χ0) is 13.6. The van der Waals surface area contributed by atoms with Gasteiger partial charge in [0.2, 0.25) is 0 Å². The van der Waals surface area contributed by atoms with Crippen LogP contribution in [0.25, 0.3) is 0 Å². The monoisotopic (exact) mass is 246 g/mol. The molecule has 6 nitrogen and oxygen atoms in total. The fourth-order valence-electron chi connectivity index (χ4n) is 1.03. The Hall–Kier alpha value is -1.30. The molecule has 2 amide bonds. The number of nitrogens with one attached hydrogen (secondary N) is 2. The molecule has 2 atom stereocenters. The predicted molar refractivity (Wildman–Crippen MR) is 63.7 cm³/mol. The lowest BCUT2D eigenvalue weighted by molar-refractivity contribution is -0.141. The third-order valence-corrected chi connectivity index (χ3v) is 2.72. The normalized spacial score (nSPS) is 14.9. The molecule has 4 N–H and O–H groups in total. The van der Waals surface area contributed by atoms with Gasteiger partial charge in [-0.25, -0.2) is 9.59 Å². The van der Waals surface area contributed by atoms with Crippen molar-refractivity contribution >= 4 is 12.0 Å². The third kappa shape index (κ3) is 6.11. The molecule has 0 spiro atoms. The standard InChI is InChI=1S/C11H22N2O4/c1-5-11(3,4)6-12-10(17)13-8(7(2)14)9(15)16/h7-8,14H,5-6H2,1-4H3,(H,15,16)(H2,12,13,17). The van der Waals surface area contributed by atoms with Gasteiger partial charge in [0.05, 0.1) is 6.10 Å². The smallest absolute Gasteiger partial charge is 0.328 e. The SMILES string of the molecule is CCC(C)(C)CNC(=O)NC(C(=O)O)C(C)O. The van der Waals surface area contributed by atoms with Gasteiger partial charge in [-0.2, -0.15) is 0 Å². The minimum atomic E-state index is -1.29. The number of carboxylic acids is 1. The van der Waals surface area contributed by atoms with Gasteiger partial charge in [-0.3, -0.25) is 0 Å². The predicted octanol–water partition coefficient (Wildman–Crippen LogP) is 0.556. The topological polar surface area (TPSA) is 98.7 Å². The van der Waals surface area contributed by atoms with Gasteiger partial charge in [0.25, 0.3) is 0 Å². The summed E-state index contributed by atoms with van der Waals surface area (Å²) < 4.78 is 0.